The lowest BCUT2D eigenvalue weighted by atomic mass is 9.85. The number of nitrogens with zero attached hydrogens (tertiary/aromatic N) is 2. The van der Waals surface area contributed by atoms with Crippen LogP contribution in [0.15, 0.2) is 85.1 Å². The Balaban J connectivity index is 1.32. The van der Waals surface area contributed by atoms with Gasteiger partial charge < -0.3 is 4.90 Å². The molecule has 3 aromatic rings. The summed E-state index contributed by atoms with van der Waals surface area (Å²) in [6, 6.07) is 28.4. The molecule has 1 aromatic heterocycles. The van der Waals surface area contributed by atoms with Crippen molar-refractivity contribution in [2.75, 3.05) is 19.6 Å². The van der Waals surface area contributed by atoms with Crippen molar-refractivity contribution in [2.45, 2.75) is 17.8 Å². The zero-order chi connectivity index (χ0) is 17.4. The lowest BCUT2D eigenvalue weighted by Gasteiger charge is -2.39. The van der Waals surface area contributed by atoms with Crippen LogP contribution in [0.1, 0.15) is 29.2 Å². The van der Waals surface area contributed by atoms with E-state index in [9.17, 15) is 0 Å². The summed E-state index contributed by atoms with van der Waals surface area (Å²) in [5.74, 6) is 1.31. The zero-order valence-electron chi connectivity index (χ0n) is 15.0. The van der Waals surface area contributed by atoms with Crippen LogP contribution in [0.3, 0.4) is 0 Å². The molecule has 0 amide bonds. The molecule has 2 heterocycles. The minimum Gasteiger partial charge on any atom is -0.302 e. The minimum atomic E-state index is 0.207. The minimum absolute atomic E-state index is 0.207. The van der Waals surface area contributed by atoms with E-state index in [1.165, 1.54) is 29.8 Å². The molecule has 5 rings (SSSR count). The largest absolute Gasteiger partial charge is 0.302 e. The number of aromatic nitrogens is 1. The predicted octanol–water partition coefficient (Wildman–Crippen LogP) is 4.49. The van der Waals surface area contributed by atoms with Crippen LogP contribution < -0.4 is 0 Å². The summed E-state index contributed by atoms with van der Waals surface area (Å²) in [5, 5.41) is 0. The second kappa shape index (κ2) is 6.37. The van der Waals surface area contributed by atoms with Gasteiger partial charge in [0.05, 0.1) is 0 Å². The standard InChI is InChI=1S/C24H24N2/c1-3-9-20(10-4-1)24(21-11-5-2-6-12-21)15-22(24)18-26-16-19(17-26)23-13-7-8-14-25-23/h1-14,19,22H,15-18H2/t22-/m0/s1. The monoisotopic (exact) mass is 340 g/mol. The fourth-order valence-electron chi connectivity index (χ4n) is 4.73. The molecule has 2 aliphatic rings. The van der Waals surface area contributed by atoms with Crippen molar-refractivity contribution in [1.82, 2.24) is 9.88 Å². The van der Waals surface area contributed by atoms with Gasteiger partial charge in [0.2, 0.25) is 0 Å². The molecule has 1 aliphatic carbocycles. The van der Waals surface area contributed by atoms with Gasteiger partial charge in [-0.3, -0.25) is 4.98 Å². The topological polar surface area (TPSA) is 16.1 Å². The maximum atomic E-state index is 4.53. The highest BCUT2D eigenvalue weighted by Crippen LogP contribution is 2.59. The van der Waals surface area contributed by atoms with E-state index in [4.69, 9.17) is 0 Å². The van der Waals surface area contributed by atoms with Crippen LogP contribution in [-0.4, -0.2) is 29.5 Å². The number of pyridine rings is 1. The molecule has 26 heavy (non-hydrogen) atoms. The molecule has 0 spiro atoms. The molecule has 0 N–H and O–H groups in total. The maximum Gasteiger partial charge on any atom is 0.0460 e. The van der Waals surface area contributed by atoms with Gasteiger partial charge in [0.25, 0.3) is 0 Å². The first-order chi connectivity index (χ1) is 12.9. The van der Waals surface area contributed by atoms with Crippen molar-refractivity contribution in [3.63, 3.8) is 0 Å². The SMILES string of the molecule is c1ccc(C2(c3ccccc3)C[C@H]2CN2CC(c3ccccn3)C2)cc1. The Bertz CT molecular complexity index is 815. The second-order valence-electron chi connectivity index (χ2n) is 7.77. The lowest BCUT2D eigenvalue weighted by molar-refractivity contribution is 0.136. The van der Waals surface area contributed by atoms with E-state index in [1.54, 1.807) is 0 Å². The van der Waals surface area contributed by atoms with E-state index in [2.05, 4.69) is 82.7 Å². The molecule has 0 bridgehead atoms. The first-order valence-corrected chi connectivity index (χ1v) is 9.60. The number of hydrogen-bond donors (Lipinski definition) is 0. The molecule has 130 valence electrons. The molecule has 1 aliphatic heterocycles. The Morgan fingerprint density at radius 1 is 0.808 bits per heavy atom. The molecule has 1 atom stereocenters. The number of hydrogen-bond acceptors (Lipinski definition) is 2. The summed E-state index contributed by atoms with van der Waals surface area (Å²) in [7, 11) is 0. The molecule has 0 radical (unpaired) electrons. The molecule has 2 heteroatoms. The van der Waals surface area contributed by atoms with Gasteiger partial charge in [0, 0.05) is 42.9 Å². The van der Waals surface area contributed by atoms with Gasteiger partial charge in [-0.05, 0) is 35.6 Å². The average Bonchev–Trinajstić information content (AvgIpc) is 3.42. The molecular weight excluding hydrogens is 316 g/mol. The van der Waals surface area contributed by atoms with Crippen LogP contribution >= 0.6 is 0 Å². The van der Waals surface area contributed by atoms with Crippen molar-refractivity contribution >= 4 is 0 Å². The fourth-order valence-corrected chi connectivity index (χ4v) is 4.73. The van der Waals surface area contributed by atoms with Gasteiger partial charge in [-0.15, -0.1) is 0 Å². The van der Waals surface area contributed by atoms with Crippen LogP contribution in [0, 0.1) is 5.92 Å². The second-order valence-corrected chi connectivity index (χ2v) is 7.77. The number of benzene rings is 2. The smallest absolute Gasteiger partial charge is 0.0460 e. The van der Waals surface area contributed by atoms with Gasteiger partial charge >= 0.3 is 0 Å². The van der Waals surface area contributed by atoms with Crippen LogP contribution in [0.25, 0.3) is 0 Å². The Morgan fingerprint density at radius 3 is 2.00 bits per heavy atom. The number of likely N-dealkylation sites (tertiary alicyclic amines) is 1. The van der Waals surface area contributed by atoms with Gasteiger partial charge in [0.15, 0.2) is 0 Å². The van der Waals surface area contributed by atoms with E-state index in [-0.39, 0.29) is 5.41 Å². The Kier molecular flexibility index (Phi) is 3.86. The first-order valence-electron chi connectivity index (χ1n) is 9.60. The quantitative estimate of drug-likeness (QED) is 0.680. The third-order valence-corrected chi connectivity index (χ3v) is 6.22. The van der Waals surface area contributed by atoms with Crippen molar-refractivity contribution < 1.29 is 0 Å². The fraction of sp³-hybridized carbons (Fsp3) is 0.292. The zero-order valence-corrected chi connectivity index (χ0v) is 15.0. The predicted molar refractivity (Wildman–Crippen MR) is 105 cm³/mol. The summed E-state index contributed by atoms with van der Waals surface area (Å²) >= 11 is 0. The molecular formula is C24H24N2. The highest BCUT2D eigenvalue weighted by molar-refractivity contribution is 5.47. The van der Waals surface area contributed by atoms with Crippen LogP contribution in [0.4, 0.5) is 0 Å². The van der Waals surface area contributed by atoms with E-state index in [0.29, 0.717) is 11.8 Å². The van der Waals surface area contributed by atoms with E-state index < -0.39 is 0 Å². The molecule has 2 fully saturated rings. The van der Waals surface area contributed by atoms with Crippen molar-refractivity contribution in [3.8, 4) is 0 Å². The van der Waals surface area contributed by atoms with E-state index >= 15 is 0 Å². The molecule has 0 unspecified atom stereocenters. The molecule has 1 saturated heterocycles. The van der Waals surface area contributed by atoms with Gasteiger partial charge in [0.1, 0.15) is 0 Å². The summed E-state index contributed by atoms with van der Waals surface area (Å²) < 4.78 is 0. The van der Waals surface area contributed by atoms with E-state index in [1.807, 2.05) is 12.3 Å². The molecule has 1 saturated carbocycles. The van der Waals surface area contributed by atoms with Crippen LogP contribution in [0.2, 0.25) is 0 Å². The Hall–Kier alpha value is -2.45. The van der Waals surface area contributed by atoms with Gasteiger partial charge in [-0.25, -0.2) is 0 Å². The number of rotatable bonds is 5. The highest BCUT2D eigenvalue weighted by Gasteiger charge is 2.57. The van der Waals surface area contributed by atoms with Crippen molar-refractivity contribution in [1.29, 1.82) is 0 Å². The Labute approximate surface area is 155 Å². The Morgan fingerprint density at radius 2 is 1.42 bits per heavy atom. The first kappa shape index (κ1) is 15.8. The summed E-state index contributed by atoms with van der Waals surface area (Å²) in [6.07, 6.45) is 3.17. The van der Waals surface area contributed by atoms with Crippen molar-refractivity contribution in [3.05, 3.63) is 102 Å². The molecule has 2 aromatic carbocycles. The van der Waals surface area contributed by atoms with Gasteiger partial charge in [-0.2, -0.15) is 0 Å². The van der Waals surface area contributed by atoms with Gasteiger partial charge in [-0.1, -0.05) is 66.7 Å². The van der Waals surface area contributed by atoms with Crippen LogP contribution in [-0.2, 0) is 5.41 Å². The summed E-state index contributed by atoms with van der Waals surface area (Å²) in [5.41, 5.74) is 4.39. The lowest BCUT2D eigenvalue weighted by Crippen LogP contribution is -2.46. The summed E-state index contributed by atoms with van der Waals surface area (Å²) in [6.45, 7) is 3.48. The third-order valence-electron chi connectivity index (χ3n) is 6.22. The van der Waals surface area contributed by atoms with Crippen LogP contribution in [0.5, 0.6) is 0 Å². The summed E-state index contributed by atoms with van der Waals surface area (Å²) in [4.78, 5) is 7.14. The molecule has 2 nitrogen and oxygen atoms in total. The normalized spacial score (nSPS) is 21.9. The third kappa shape index (κ3) is 2.65. The average molecular weight is 340 g/mol. The maximum absolute atomic E-state index is 4.53. The van der Waals surface area contributed by atoms with E-state index in [0.717, 1.165) is 13.1 Å². The van der Waals surface area contributed by atoms with Crippen molar-refractivity contribution in [2.24, 2.45) is 5.92 Å². The highest BCUT2D eigenvalue weighted by atomic mass is 15.2.